The van der Waals surface area contributed by atoms with Gasteiger partial charge in [0.25, 0.3) is 0 Å². The van der Waals surface area contributed by atoms with Crippen LogP contribution in [0, 0.1) is 19.3 Å². The third-order valence-electron chi connectivity index (χ3n) is 10.2. The molecule has 0 aliphatic carbocycles. The van der Waals surface area contributed by atoms with Gasteiger partial charge in [0.2, 0.25) is 5.90 Å². The highest BCUT2D eigenvalue weighted by Crippen LogP contribution is 2.42. The Morgan fingerprint density at radius 1 is 0.667 bits per heavy atom. The van der Waals surface area contributed by atoms with E-state index in [1.165, 1.54) is 21.9 Å². The molecule has 0 saturated carbocycles. The highest BCUT2D eigenvalue weighted by atomic mass is 16.5. The maximum atomic E-state index is 6.78. The normalized spacial score (nSPS) is 16.8. The number of aryl methyl sites for hydroxylation is 2. The smallest absolute Gasteiger partial charge is 0.217 e. The third kappa shape index (κ3) is 6.55. The van der Waals surface area contributed by atoms with E-state index in [0.29, 0.717) is 5.90 Å². The largest absolute Gasteiger partial charge is 0.467 e. The molecule has 0 unspecified atom stereocenters. The summed E-state index contributed by atoms with van der Waals surface area (Å²) in [5.41, 5.74) is 8.91. The molecule has 6 aromatic rings. The molecule has 2 aromatic heterocycles. The van der Waals surface area contributed by atoms with E-state index < -0.39 is 0 Å². The Balaban J connectivity index is 1.33. The molecule has 0 amide bonds. The first kappa shape index (κ1) is 34.5. The van der Waals surface area contributed by atoms with Gasteiger partial charge in [-0.2, -0.15) is 0 Å². The Kier molecular flexibility index (Phi) is 8.40. The zero-order valence-electron chi connectivity index (χ0n) is 32.1. The Morgan fingerprint density at radius 3 is 2.06 bits per heavy atom. The molecule has 2 atom stereocenters. The molecule has 5 nitrogen and oxygen atoms in total. The summed E-state index contributed by atoms with van der Waals surface area (Å²) >= 11 is 0. The van der Waals surface area contributed by atoms with Crippen LogP contribution in [0.3, 0.4) is 0 Å². The van der Waals surface area contributed by atoms with Crippen LogP contribution in [0.5, 0.6) is 11.5 Å². The number of nitrogens with zero attached hydrogens (tertiary/aromatic N) is 3. The van der Waals surface area contributed by atoms with E-state index in [1.54, 1.807) is 0 Å². The maximum Gasteiger partial charge on any atom is 0.217 e. The molecule has 0 N–H and O–H groups in total. The van der Waals surface area contributed by atoms with Gasteiger partial charge in [0.05, 0.1) is 17.1 Å². The number of rotatable bonds is 5. The first-order valence-corrected chi connectivity index (χ1v) is 18.1. The van der Waals surface area contributed by atoms with Crippen LogP contribution in [0.4, 0.5) is 0 Å². The Bertz CT molecular complexity index is 2290. The maximum absolute atomic E-state index is 6.78. The molecule has 1 aliphatic rings. The van der Waals surface area contributed by atoms with Crippen molar-refractivity contribution in [1.82, 2.24) is 9.55 Å². The first-order valence-electron chi connectivity index (χ1n) is 18.1. The second-order valence-electron chi connectivity index (χ2n) is 17.4. The molecule has 0 bridgehead atoms. The number of pyridine rings is 1. The predicted octanol–water partition coefficient (Wildman–Crippen LogP) is 12.1. The van der Waals surface area contributed by atoms with Gasteiger partial charge in [0.1, 0.15) is 23.4 Å². The van der Waals surface area contributed by atoms with Gasteiger partial charge in [0.15, 0.2) is 0 Å². The lowest BCUT2D eigenvalue weighted by Crippen LogP contribution is -2.28. The Hall–Kier alpha value is -4.90. The van der Waals surface area contributed by atoms with Crippen molar-refractivity contribution in [3.05, 3.63) is 131 Å². The second-order valence-corrected chi connectivity index (χ2v) is 17.4. The van der Waals surface area contributed by atoms with E-state index in [4.69, 9.17) is 19.5 Å². The average molecular weight is 678 g/mol. The fraction of sp³-hybridized carbons (Fsp3) is 0.348. The minimum Gasteiger partial charge on any atom is -0.467 e. The summed E-state index contributed by atoms with van der Waals surface area (Å²) in [5, 5.41) is 2.38. The van der Waals surface area contributed by atoms with Crippen LogP contribution in [0.1, 0.15) is 102 Å². The standard InChI is InChI=1S/C46H51N3O2/c1-28-23-29(2)39(27-35(28)43-48-42(46(9,10)11)41(51-43)30-15-13-12-14-16-30)50-33-18-19-34-36-24-31(44(3,4)5)17-20-37(36)49(38(34)26-33)40-25-32(21-22-47-40)45(6,7)8/h12-27,41-42H,1-11H3/t41-,42-/m0/s1. The summed E-state index contributed by atoms with van der Waals surface area (Å²) in [4.78, 5) is 10.1. The minimum atomic E-state index is -0.153. The van der Waals surface area contributed by atoms with E-state index in [9.17, 15) is 0 Å². The Labute approximate surface area is 303 Å². The summed E-state index contributed by atoms with van der Waals surface area (Å²) in [7, 11) is 0. The number of aliphatic imine (C=N–C) groups is 1. The number of aromatic nitrogens is 2. The molecule has 51 heavy (non-hydrogen) atoms. The lowest BCUT2D eigenvalue weighted by molar-refractivity contribution is 0.139. The summed E-state index contributed by atoms with van der Waals surface area (Å²) < 4.78 is 15.8. The van der Waals surface area contributed by atoms with Gasteiger partial charge in [0, 0.05) is 28.6 Å². The van der Waals surface area contributed by atoms with Crippen molar-refractivity contribution in [3.63, 3.8) is 0 Å². The molecule has 0 radical (unpaired) electrons. The van der Waals surface area contributed by atoms with Gasteiger partial charge >= 0.3 is 0 Å². The van der Waals surface area contributed by atoms with Gasteiger partial charge in [-0.15, -0.1) is 0 Å². The molecule has 0 spiro atoms. The lowest BCUT2D eigenvalue weighted by atomic mass is 9.82. The van der Waals surface area contributed by atoms with Crippen molar-refractivity contribution >= 4 is 27.7 Å². The molecule has 4 aromatic carbocycles. The number of fused-ring (bicyclic) bond motifs is 3. The van der Waals surface area contributed by atoms with Gasteiger partial charge in [-0.3, -0.25) is 4.57 Å². The molecule has 7 rings (SSSR count). The van der Waals surface area contributed by atoms with Crippen molar-refractivity contribution in [2.75, 3.05) is 0 Å². The zero-order valence-corrected chi connectivity index (χ0v) is 32.1. The van der Waals surface area contributed by atoms with E-state index in [0.717, 1.165) is 50.6 Å². The molecule has 262 valence electrons. The van der Waals surface area contributed by atoms with Gasteiger partial charge in [-0.05, 0) is 100 Å². The van der Waals surface area contributed by atoms with E-state index in [2.05, 4.69) is 166 Å². The van der Waals surface area contributed by atoms with E-state index in [-0.39, 0.29) is 28.4 Å². The fourth-order valence-electron chi connectivity index (χ4n) is 7.17. The number of hydrogen-bond donors (Lipinski definition) is 0. The highest BCUT2D eigenvalue weighted by molar-refractivity contribution is 6.09. The SMILES string of the molecule is Cc1cc(C)c(C2=N[C@H](C(C)(C)C)[C@H](c3ccccc3)O2)cc1Oc1ccc2c3cc(C(C)(C)C)ccc3n(-c3cc(C(C)(C)C)ccn3)c2c1. The fourth-order valence-corrected chi connectivity index (χ4v) is 7.17. The minimum absolute atomic E-state index is 0.00780. The van der Waals surface area contributed by atoms with Crippen LogP contribution >= 0.6 is 0 Å². The van der Waals surface area contributed by atoms with Crippen LogP contribution in [0.15, 0.2) is 102 Å². The van der Waals surface area contributed by atoms with Gasteiger partial charge in [-0.1, -0.05) is 105 Å². The summed E-state index contributed by atoms with van der Waals surface area (Å²) in [6.07, 6.45) is 1.77. The van der Waals surface area contributed by atoms with E-state index >= 15 is 0 Å². The van der Waals surface area contributed by atoms with Crippen LogP contribution < -0.4 is 4.74 Å². The zero-order chi connectivity index (χ0) is 36.5. The van der Waals surface area contributed by atoms with Crippen LogP contribution in [-0.2, 0) is 15.6 Å². The first-order chi connectivity index (χ1) is 24.0. The van der Waals surface area contributed by atoms with E-state index in [1.807, 2.05) is 12.3 Å². The third-order valence-corrected chi connectivity index (χ3v) is 10.2. The molecule has 3 heterocycles. The number of benzene rings is 4. The summed E-state index contributed by atoms with van der Waals surface area (Å²) in [6.45, 7) is 24.4. The van der Waals surface area contributed by atoms with Crippen molar-refractivity contribution in [3.8, 4) is 17.3 Å². The predicted molar refractivity (Wildman–Crippen MR) is 212 cm³/mol. The average Bonchev–Trinajstić information content (AvgIpc) is 3.66. The van der Waals surface area contributed by atoms with Gasteiger partial charge < -0.3 is 9.47 Å². The highest BCUT2D eigenvalue weighted by Gasteiger charge is 2.40. The van der Waals surface area contributed by atoms with Crippen molar-refractivity contribution in [2.45, 2.75) is 99.1 Å². The molecular formula is C46H51N3O2. The van der Waals surface area contributed by atoms with Crippen LogP contribution in [0.25, 0.3) is 27.6 Å². The quantitative estimate of drug-likeness (QED) is 0.182. The topological polar surface area (TPSA) is 48.6 Å². The van der Waals surface area contributed by atoms with Crippen LogP contribution in [0.2, 0.25) is 0 Å². The van der Waals surface area contributed by atoms with Gasteiger partial charge in [-0.25, -0.2) is 9.98 Å². The molecule has 5 heteroatoms. The number of ether oxygens (including phenoxy) is 2. The molecule has 0 saturated heterocycles. The van der Waals surface area contributed by atoms with Crippen LogP contribution in [-0.4, -0.2) is 21.5 Å². The lowest BCUT2D eigenvalue weighted by Gasteiger charge is -2.28. The monoisotopic (exact) mass is 677 g/mol. The molecule has 0 fully saturated rings. The number of hydrogen-bond acceptors (Lipinski definition) is 4. The summed E-state index contributed by atoms with van der Waals surface area (Å²) in [6, 6.07) is 32.3. The molecular weight excluding hydrogens is 627 g/mol. The van der Waals surface area contributed by atoms with Crippen molar-refractivity contribution in [1.29, 1.82) is 0 Å². The molecule has 1 aliphatic heterocycles. The van der Waals surface area contributed by atoms with Crippen molar-refractivity contribution < 1.29 is 9.47 Å². The summed E-state index contributed by atoms with van der Waals surface area (Å²) in [5.74, 6) is 3.11. The Morgan fingerprint density at radius 2 is 1.37 bits per heavy atom. The van der Waals surface area contributed by atoms with Crippen molar-refractivity contribution in [2.24, 2.45) is 10.4 Å². The second kappa shape index (κ2) is 12.4.